The van der Waals surface area contributed by atoms with E-state index in [0.29, 0.717) is 5.56 Å². The Morgan fingerprint density at radius 2 is 1.74 bits per heavy atom. The van der Waals surface area contributed by atoms with Gasteiger partial charge in [-0.1, -0.05) is 31.4 Å². The van der Waals surface area contributed by atoms with Crippen molar-refractivity contribution in [2.24, 2.45) is 5.10 Å². The Morgan fingerprint density at radius 1 is 1.09 bits per heavy atom. The molecule has 1 saturated carbocycles. The molecule has 0 N–H and O–H groups in total. The van der Waals surface area contributed by atoms with Crippen molar-refractivity contribution >= 4 is 35.4 Å². The minimum Gasteiger partial charge on any atom is -0.276 e. The lowest BCUT2D eigenvalue weighted by atomic mass is 9.94. The van der Waals surface area contributed by atoms with Crippen molar-refractivity contribution < 1.29 is 14.0 Å². The summed E-state index contributed by atoms with van der Waals surface area (Å²) in [6, 6.07) is 5.64. The van der Waals surface area contributed by atoms with Gasteiger partial charge < -0.3 is 0 Å². The van der Waals surface area contributed by atoms with Gasteiger partial charge in [-0.3, -0.25) is 14.5 Å². The fraction of sp³-hybridized carbons (Fsp3) is 0.375. The van der Waals surface area contributed by atoms with E-state index in [0.717, 1.165) is 37.1 Å². The summed E-state index contributed by atoms with van der Waals surface area (Å²) in [6.45, 7) is 0. The first-order valence-corrected chi connectivity index (χ1v) is 8.00. The van der Waals surface area contributed by atoms with Crippen LogP contribution in [0.1, 0.15) is 37.7 Å². The summed E-state index contributed by atoms with van der Waals surface area (Å²) in [5.74, 6) is -1.70. The molecule has 0 radical (unpaired) electrons. The van der Waals surface area contributed by atoms with E-state index in [9.17, 15) is 14.0 Å². The van der Waals surface area contributed by atoms with Crippen molar-refractivity contribution in [1.82, 2.24) is 9.91 Å². The number of amides is 2. The third kappa shape index (κ3) is 3.14. The Morgan fingerprint density at radius 3 is 2.39 bits per heavy atom. The second kappa shape index (κ2) is 6.54. The van der Waals surface area contributed by atoms with E-state index < -0.39 is 11.8 Å². The molecular formula is C16H16FN3O2S. The molecule has 120 valence electrons. The van der Waals surface area contributed by atoms with Gasteiger partial charge in [0.15, 0.2) is 0 Å². The van der Waals surface area contributed by atoms with Crippen LogP contribution in [0.25, 0.3) is 0 Å². The van der Waals surface area contributed by atoms with Crippen LogP contribution in [0.15, 0.2) is 29.4 Å². The second-order valence-electron chi connectivity index (χ2n) is 5.66. The van der Waals surface area contributed by atoms with Gasteiger partial charge >= 0.3 is 11.8 Å². The molecule has 1 aromatic carbocycles. The molecule has 7 heteroatoms. The molecule has 23 heavy (non-hydrogen) atoms. The van der Waals surface area contributed by atoms with Crippen LogP contribution < -0.4 is 0 Å². The molecule has 5 nitrogen and oxygen atoms in total. The highest BCUT2D eigenvalue weighted by molar-refractivity contribution is 7.80. The molecule has 2 aliphatic rings. The van der Waals surface area contributed by atoms with Crippen LogP contribution in [0.2, 0.25) is 0 Å². The van der Waals surface area contributed by atoms with Crippen LogP contribution in [-0.4, -0.2) is 39.1 Å². The van der Waals surface area contributed by atoms with Gasteiger partial charge in [-0.2, -0.15) is 10.1 Å². The van der Waals surface area contributed by atoms with E-state index in [2.05, 4.69) is 5.10 Å². The van der Waals surface area contributed by atoms with Gasteiger partial charge in [-0.15, -0.1) is 0 Å². The zero-order valence-electron chi connectivity index (χ0n) is 12.4. The number of hydrazone groups is 1. The normalized spacial score (nSPS) is 20.1. The van der Waals surface area contributed by atoms with Gasteiger partial charge in [0.2, 0.25) is 5.11 Å². The molecule has 1 aliphatic carbocycles. The van der Waals surface area contributed by atoms with Gasteiger partial charge in [0.05, 0.1) is 6.21 Å². The number of halogens is 1. The van der Waals surface area contributed by atoms with Crippen molar-refractivity contribution in [1.29, 1.82) is 0 Å². The number of carbonyl (C=O) groups is 2. The van der Waals surface area contributed by atoms with E-state index >= 15 is 0 Å². The molecule has 0 spiro atoms. The second-order valence-corrected chi connectivity index (χ2v) is 6.03. The molecule has 0 aromatic heterocycles. The van der Waals surface area contributed by atoms with Crippen LogP contribution in [0.5, 0.6) is 0 Å². The predicted octanol–water partition coefficient (Wildman–Crippen LogP) is 2.45. The van der Waals surface area contributed by atoms with Crippen LogP contribution in [0, 0.1) is 5.82 Å². The molecule has 1 aromatic rings. The van der Waals surface area contributed by atoms with E-state index in [4.69, 9.17) is 12.2 Å². The number of carbonyl (C=O) groups excluding carboxylic acids is 2. The standard InChI is InChI=1S/C16H16FN3O2S/c17-12-8-6-11(7-9-12)10-18-20-15(22)14(21)19(16(20)23)13-4-2-1-3-5-13/h6-10,13H,1-5H2/b18-10+. The average Bonchev–Trinajstić information content (AvgIpc) is 2.78. The molecule has 0 atom stereocenters. The maximum atomic E-state index is 12.9. The Bertz CT molecular complexity index is 668. The van der Waals surface area contributed by atoms with Crippen molar-refractivity contribution in [2.75, 3.05) is 0 Å². The molecule has 1 aliphatic heterocycles. The van der Waals surface area contributed by atoms with Crippen LogP contribution in [-0.2, 0) is 9.59 Å². The molecule has 2 fully saturated rings. The predicted molar refractivity (Wildman–Crippen MR) is 87.2 cm³/mol. The van der Waals surface area contributed by atoms with Crippen LogP contribution >= 0.6 is 12.2 Å². The lowest BCUT2D eigenvalue weighted by Gasteiger charge is -2.29. The fourth-order valence-corrected chi connectivity index (χ4v) is 3.27. The number of thiocarbonyl (C=S) groups is 1. The first kappa shape index (κ1) is 15.7. The zero-order valence-corrected chi connectivity index (χ0v) is 13.3. The number of hydrogen-bond acceptors (Lipinski definition) is 4. The molecule has 1 saturated heterocycles. The zero-order chi connectivity index (χ0) is 16.4. The summed E-state index contributed by atoms with van der Waals surface area (Å²) in [4.78, 5) is 25.7. The first-order chi connectivity index (χ1) is 11.1. The monoisotopic (exact) mass is 333 g/mol. The average molecular weight is 333 g/mol. The molecule has 2 amide bonds. The lowest BCUT2D eigenvalue weighted by molar-refractivity contribution is -0.144. The van der Waals surface area contributed by atoms with E-state index in [1.165, 1.54) is 35.4 Å². The van der Waals surface area contributed by atoms with E-state index in [1.54, 1.807) is 0 Å². The number of hydrogen-bond donors (Lipinski definition) is 0. The van der Waals surface area contributed by atoms with Crippen LogP contribution in [0.4, 0.5) is 4.39 Å². The minimum atomic E-state index is -0.737. The summed E-state index contributed by atoms with van der Waals surface area (Å²) in [6.07, 6.45) is 6.31. The highest BCUT2D eigenvalue weighted by Crippen LogP contribution is 2.27. The molecule has 0 bridgehead atoms. The van der Waals surface area contributed by atoms with Crippen molar-refractivity contribution in [3.8, 4) is 0 Å². The number of rotatable bonds is 3. The Balaban J connectivity index is 1.77. The van der Waals surface area contributed by atoms with E-state index in [-0.39, 0.29) is 17.0 Å². The summed E-state index contributed by atoms with van der Waals surface area (Å²) >= 11 is 5.27. The third-order valence-corrected chi connectivity index (χ3v) is 4.48. The van der Waals surface area contributed by atoms with Gasteiger partial charge in [0, 0.05) is 6.04 Å². The maximum absolute atomic E-state index is 12.9. The van der Waals surface area contributed by atoms with E-state index in [1.807, 2.05) is 0 Å². The summed E-state index contributed by atoms with van der Waals surface area (Å²) in [7, 11) is 0. The number of benzene rings is 1. The minimum absolute atomic E-state index is 0.0151. The molecular weight excluding hydrogens is 317 g/mol. The van der Waals surface area contributed by atoms with Gasteiger partial charge in [0.1, 0.15) is 5.82 Å². The third-order valence-electron chi connectivity index (χ3n) is 4.11. The van der Waals surface area contributed by atoms with Gasteiger partial charge in [0.25, 0.3) is 0 Å². The molecule has 0 unspecified atom stereocenters. The number of nitrogens with zero attached hydrogens (tertiary/aromatic N) is 3. The Hall–Kier alpha value is -2.15. The van der Waals surface area contributed by atoms with Crippen LogP contribution in [0.3, 0.4) is 0 Å². The van der Waals surface area contributed by atoms with Gasteiger partial charge in [-0.25, -0.2) is 4.39 Å². The largest absolute Gasteiger partial charge is 0.339 e. The summed E-state index contributed by atoms with van der Waals surface area (Å²) in [5.41, 5.74) is 0.616. The van der Waals surface area contributed by atoms with Crippen molar-refractivity contribution in [3.63, 3.8) is 0 Å². The highest BCUT2D eigenvalue weighted by atomic mass is 32.1. The SMILES string of the molecule is O=C1C(=O)N(C2CCCCC2)C(=S)N1/N=C/c1ccc(F)cc1. The quantitative estimate of drug-likeness (QED) is 0.485. The Kier molecular flexibility index (Phi) is 4.47. The highest BCUT2D eigenvalue weighted by Gasteiger charge is 2.45. The summed E-state index contributed by atoms with van der Waals surface area (Å²) < 4.78 is 12.9. The molecule has 3 rings (SSSR count). The summed E-state index contributed by atoms with van der Waals surface area (Å²) in [5, 5.41) is 5.10. The Labute approximate surface area is 138 Å². The maximum Gasteiger partial charge on any atom is 0.339 e. The fourth-order valence-electron chi connectivity index (χ4n) is 2.91. The smallest absolute Gasteiger partial charge is 0.276 e. The topological polar surface area (TPSA) is 53.0 Å². The van der Waals surface area contributed by atoms with Crippen molar-refractivity contribution in [2.45, 2.75) is 38.1 Å². The van der Waals surface area contributed by atoms with Crippen molar-refractivity contribution in [3.05, 3.63) is 35.6 Å². The van der Waals surface area contributed by atoms with Gasteiger partial charge in [-0.05, 0) is 42.8 Å². The molecule has 1 heterocycles. The lowest BCUT2D eigenvalue weighted by Crippen LogP contribution is -2.41. The first-order valence-electron chi connectivity index (χ1n) is 7.59.